The summed E-state index contributed by atoms with van der Waals surface area (Å²) in [6.07, 6.45) is 0. The number of hydrogen-bond donors (Lipinski definition) is 0. The van der Waals surface area contributed by atoms with Crippen LogP contribution in [0, 0.1) is 0 Å². The summed E-state index contributed by atoms with van der Waals surface area (Å²) in [5, 5.41) is 8.61. The molecule has 1 nitrogen and oxygen atoms in total. The third-order valence-corrected chi connectivity index (χ3v) is 17.3. The molecule has 0 radical (unpaired) electrons. The molecular weight excluding hydrogens is 611 g/mol. The second-order valence-corrected chi connectivity index (χ2v) is 17.9. The van der Waals surface area contributed by atoms with Crippen molar-refractivity contribution >= 4 is 89.2 Å². The Kier molecular flexibility index (Phi) is 5.77. The van der Waals surface area contributed by atoms with Crippen molar-refractivity contribution < 1.29 is 0 Å². The number of hydrogen-bond acceptors (Lipinski definition) is 3. The van der Waals surface area contributed by atoms with Crippen molar-refractivity contribution in [2.45, 2.75) is 9.79 Å². The minimum atomic E-state index is -2.60. The van der Waals surface area contributed by atoms with Crippen LogP contribution in [0.1, 0.15) is 0 Å². The molecule has 0 unspecified atom stereocenters. The van der Waals surface area contributed by atoms with Gasteiger partial charge in [-0.2, -0.15) is 0 Å². The molecule has 0 aliphatic carbocycles. The van der Waals surface area contributed by atoms with Gasteiger partial charge >= 0.3 is 0 Å². The molecule has 0 amide bonds. The van der Waals surface area contributed by atoms with E-state index in [-0.39, 0.29) is 0 Å². The lowest BCUT2D eigenvalue weighted by molar-refractivity contribution is 1.29. The standard InChI is InChI=1S/C42H27NS2Si/c1-2-12-28(13-3-1)43(29-23-25-36-34(26-29)31-14-4-6-16-35(31)44-36)30-22-24-33-32-15-5-9-19-39(32)46(42(33)27-30)40-20-10-7-17-37(40)45-38-18-8-11-21-41(38)46/h1-27H. The number of para-hydroxylation sites is 1. The van der Waals surface area contributed by atoms with E-state index in [9.17, 15) is 0 Å². The fraction of sp³-hybridized carbons (Fsp3) is 0. The molecule has 0 fully saturated rings. The highest BCUT2D eigenvalue weighted by Crippen LogP contribution is 2.43. The van der Waals surface area contributed by atoms with Crippen molar-refractivity contribution in [2.24, 2.45) is 0 Å². The molecule has 2 aliphatic heterocycles. The van der Waals surface area contributed by atoms with E-state index in [4.69, 9.17) is 0 Å². The highest BCUT2D eigenvalue weighted by molar-refractivity contribution is 8.00. The summed E-state index contributed by atoms with van der Waals surface area (Å²) in [6.45, 7) is 0. The Hall–Kier alpha value is -4.87. The third-order valence-electron chi connectivity index (χ3n) is 9.72. The van der Waals surface area contributed by atoms with Gasteiger partial charge in [0.1, 0.15) is 0 Å². The summed E-state index contributed by atoms with van der Waals surface area (Å²) in [5.41, 5.74) is 6.28. The van der Waals surface area contributed by atoms with Gasteiger partial charge in [-0.15, -0.1) is 11.3 Å². The molecule has 7 aromatic carbocycles. The molecule has 0 atom stereocenters. The van der Waals surface area contributed by atoms with Gasteiger partial charge in [-0.3, -0.25) is 0 Å². The van der Waals surface area contributed by atoms with Gasteiger partial charge in [0.15, 0.2) is 8.07 Å². The predicted octanol–water partition coefficient (Wildman–Crippen LogP) is 9.35. The van der Waals surface area contributed by atoms with Gasteiger partial charge in [0.25, 0.3) is 0 Å². The van der Waals surface area contributed by atoms with Gasteiger partial charge in [-0.1, -0.05) is 115 Å². The van der Waals surface area contributed by atoms with Crippen LogP contribution in [-0.4, -0.2) is 8.07 Å². The normalized spacial score (nSPS) is 13.7. The van der Waals surface area contributed by atoms with Crippen LogP contribution in [0.4, 0.5) is 17.1 Å². The minimum absolute atomic E-state index is 1.16. The lowest BCUT2D eigenvalue weighted by Gasteiger charge is -2.38. The van der Waals surface area contributed by atoms with Gasteiger partial charge in [-0.05, 0) is 92.5 Å². The van der Waals surface area contributed by atoms with E-state index in [1.165, 1.54) is 73.2 Å². The van der Waals surface area contributed by atoms with Gasteiger partial charge in [0.05, 0.1) is 0 Å². The minimum Gasteiger partial charge on any atom is -0.310 e. The molecule has 0 bridgehead atoms. The highest BCUT2D eigenvalue weighted by Gasteiger charge is 2.52. The number of rotatable bonds is 3. The Morgan fingerprint density at radius 3 is 1.78 bits per heavy atom. The predicted molar refractivity (Wildman–Crippen MR) is 201 cm³/mol. The van der Waals surface area contributed by atoms with E-state index in [1.54, 1.807) is 0 Å². The third kappa shape index (κ3) is 3.63. The smallest absolute Gasteiger partial charge is 0.183 e. The summed E-state index contributed by atoms with van der Waals surface area (Å²) < 4.78 is 2.65. The Bertz CT molecular complexity index is 2440. The zero-order chi connectivity index (χ0) is 30.2. The van der Waals surface area contributed by atoms with Crippen molar-refractivity contribution in [3.05, 3.63) is 164 Å². The van der Waals surface area contributed by atoms with Gasteiger partial charge in [0, 0.05) is 47.0 Å². The fourth-order valence-electron chi connectivity index (χ4n) is 7.86. The Morgan fingerprint density at radius 1 is 0.391 bits per heavy atom. The molecule has 46 heavy (non-hydrogen) atoms. The number of anilines is 3. The zero-order valence-electron chi connectivity index (χ0n) is 24.9. The summed E-state index contributed by atoms with van der Waals surface area (Å²) in [7, 11) is -2.60. The molecule has 4 heteroatoms. The Labute approximate surface area is 277 Å². The second kappa shape index (κ2) is 10.1. The molecule has 0 saturated heterocycles. The second-order valence-electron chi connectivity index (χ2n) is 12.1. The van der Waals surface area contributed by atoms with Crippen molar-refractivity contribution in [3.8, 4) is 11.1 Å². The lowest BCUT2D eigenvalue weighted by atomic mass is 10.0. The molecule has 1 aromatic heterocycles. The molecule has 3 heterocycles. The first kappa shape index (κ1) is 26.4. The van der Waals surface area contributed by atoms with Crippen LogP contribution >= 0.6 is 23.1 Å². The maximum atomic E-state index is 2.54. The summed E-state index contributed by atoms with van der Waals surface area (Å²) in [4.78, 5) is 5.22. The van der Waals surface area contributed by atoms with E-state index in [1.807, 2.05) is 23.1 Å². The molecule has 0 saturated carbocycles. The molecule has 0 N–H and O–H groups in total. The van der Waals surface area contributed by atoms with E-state index < -0.39 is 8.07 Å². The highest BCUT2D eigenvalue weighted by atomic mass is 32.2. The first-order chi connectivity index (χ1) is 22.8. The zero-order valence-corrected chi connectivity index (χ0v) is 27.5. The molecule has 10 rings (SSSR count). The van der Waals surface area contributed by atoms with Crippen molar-refractivity contribution in [2.75, 3.05) is 4.90 Å². The first-order valence-corrected chi connectivity index (χ1v) is 19.3. The average Bonchev–Trinajstić information content (AvgIpc) is 3.63. The maximum Gasteiger partial charge on any atom is 0.183 e. The number of thiophene rings is 1. The van der Waals surface area contributed by atoms with E-state index in [2.05, 4.69) is 169 Å². The molecule has 8 aromatic rings. The van der Waals surface area contributed by atoms with Gasteiger partial charge in [-0.25, -0.2) is 0 Å². The number of benzene rings is 7. The molecule has 1 spiro atoms. The molecule has 216 valence electrons. The van der Waals surface area contributed by atoms with E-state index >= 15 is 0 Å². The van der Waals surface area contributed by atoms with Crippen molar-refractivity contribution in [1.29, 1.82) is 0 Å². The monoisotopic (exact) mass is 637 g/mol. The van der Waals surface area contributed by atoms with Crippen LogP contribution in [0.3, 0.4) is 0 Å². The largest absolute Gasteiger partial charge is 0.310 e. The molecule has 2 aliphatic rings. The number of fused-ring (bicyclic) bond motifs is 12. The van der Waals surface area contributed by atoms with Crippen LogP contribution in [0.25, 0.3) is 31.3 Å². The number of nitrogens with zero attached hydrogens (tertiary/aromatic N) is 1. The van der Waals surface area contributed by atoms with E-state index in [0.29, 0.717) is 0 Å². The summed E-state index contributed by atoms with van der Waals surface area (Å²) >= 11 is 3.79. The van der Waals surface area contributed by atoms with Gasteiger partial charge in [0.2, 0.25) is 0 Å². The lowest BCUT2D eigenvalue weighted by Crippen LogP contribution is -2.74. The van der Waals surface area contributed by atoms with E-state index in [0.717, 1.165) is 5.69 Å². The van der Waals surface area contributed by atoms with Crippen LogP contribution < -0.4 is 25.6 Å². The SMILES string of the molecule is c1ccc(N(c2ccc3c(c2)[Si]2(c4ccccc4Sc4ccccc42)c2ccccc2-3)c2ccc3sc4ccccc4c3c2)cc1. The maximum absolute atomic E-state index is 2.60. The van der Waals surface area contributed by atoms with Crippen LogP contribution in [0.5, 0.6) is 0 Å². The first-order valence-electron chi connectivity index (χ1n) is 15.7. The molecular formula is C42H27NS2Si. The van der Waals surface area contributed by atoms with Crippen molar-refractivity contribution in [1.82, 2.24) is 0 Å². The average molecular weight is 638 g/mol. The quantitative estimate of drug-likeness (QED) is 0.178. The van der Waals surface area contributed by atoms with Crippen LogP contribution in [0.15, 0.2) is 174 Å². The topological polar surface area (TPSA) is 3.24 Å². The fourth-order valence-corrected chi connectivity index (χ4v) is 16.3. The summed E-state index contributed by atoms with van der Waals surface area (Å²) in [5.74, 6) is 0. The van der Waals surface area contributed by atoms with Gasteiger partial charge < -0.3 is 4.90 Å². The van der Waals surface area contributed by atoms with Crippen molar-refractivity contribution in [3.63, 3.8) is 0 Å². The van der Waals surface area contributed by atoms with Crippen LogP contribution in [-0.2, 0) is 0 Å². The Morgan fingerprint density at radius 2 is 0.978 bits per heavy atom. The van der Waals surface area contributed by atoms with Crippen LogP contribution in [0.2, 0.25) is 0 Å². The Balaban J connectivity index is 1.27. The summed E-state index contributed by atoms with van der Waals surface area (Å²) in [6, 6.07) is 61.4.